The Morgan fingerprint density at radius 1 is 0.449 bits per heavy atom. The highest BCUT2D eigenvalue weighted by Gasteiger charge is 2.40. The average Bonchev–Trinajstić information content (AvgIpc) is 2.57. The molecule has 0 unspecified atom stereocenters. The molecule has 32 N–H and O–H groups in total. The predicted molar refractivity (Wildman–Crippen MR) is 339 cm³/mol. The summed E-state index contributed by atoms with van der Waals surface area (Å²) in [5.41, 5.74) is 68.4. The summed E-state index contributed by atoms with van der Waals surface area (Å²) in [4.78, 5) is 140. The molecule has 1 aliphatic rings. The predicted octanol–water partition coefficient (Wildman–Crippen LogP) is -6.19. The number of aromatic hydroxyl groups is 1. The number of nitrogens with two attached hydrogens (primary N) is 12. The summed E-state index contributed by atoms with van der Waals surface area (Å²) in [6.45, 7) is 1.62. The number of nitrogens with one attached hydrogen (secondary N) is 7. The van der Waals surface area contributed by atoms with Gasteiger partial charge in [0.05, 0.1) is 6.04 Å². The van der Waals surface area contributed by atoms with E-state index in [2.05, 4.69) is 52.2 Å². The third kappa shape index (κ3) is 31.1. The first-order valence-electron chi connectivity index (χ1n) is 30.7. The number of hydrogen-bond acceptors (Lipinski definition) is 18. The summed E-state index contributed by atoms with van der Waals surface area (Å²) in [5, 5.41) is 29.3. The normalized spacial score (nSPS) is 15.4. The van der Waals surface area contributed by atoms with Gasteiger partial charge in [-0.2, -0.15) is 0 Å². The van der Waals surface area contributed by atoms with Crippen LogP contribution >= 0.6 is 0 Å². The molecule has 1 aromatic carbocycles. The van der Waals surface area contributed by atoms with Crippen molar-refractivity contribution in [1.82, 2.24) is 42.1 Å². The number of carbonyl (C=O) groups is 9. The Morgan fingerprint density at radius 2 is 0.798 bits per heavy atom. The van der Waals surface area contributed by atoms with Gasteiger partial charge >= 0.3 is 0 Å². The molecule has 89 heavy (non-hydrogen) atoms. The number of guanidine groups is 3. The van der Waals surface area contributed by atoms with Crippen LogP contribution in [0.3, 0.4) is 0 Å². The topological polar surface area (TPSA) is 611 Å². The summed E-state index contributed by atoms with van der Waals surface area (Å²) < 4.78 is 0. The number of primary amides is 1. The zero-order valence-corrected chi connectivity index (χ0v) is 51.4. The molecule has 0 bridgehead atoms. The molecule has 33 heteroatoms. The van der Waals surface area contributed by atoms with E-state index in [0.29, 0.717) is 82.9 Å². The number of unbranched alkanes of at least 4 members (excludes halogenated alkanes) is 4. The van der Waals surface area contributed by atoms with Crippen molar-refractivity contribution in [1.29, 1.82) is 0 Å². The molecule has 0 saturated carbocycles. The highest BCUT2D eigenvalue weighted by atomic mass is 16.3. The van der Waals surface area contributed by atoms with Gasteiger partial charge in [-0.25, -0.2) is 0 Å². The van der Waals surface area contributed by atoms with Crippen molar-refractivity contribution in [2.45, 2.75) is 189 Å². The zero-order valence-electron chi connectivity index (χ0n) is 51.4. The quantitative estimate of drug-likeness (QED) is 0.0164. The average molecular weight is 1260 g/mol. The first-order valence-corrected chi connectivity index (χ1v) is 30.7. The van der Waals surface area contributed by atoms with Crippen molar-refractivity contribution in [3.63, 3.8) is 0 Å². The van der Waals surface area contributed by atoms with Crippen molar-refractivity contribution < 1.29 is 48.3 Å². The molecule has 0 spiro atoms. The number of carbonyl (C=O) groups excluding carboxylic acids is 9. The Kier molecular flexibility index (Phi) is 37.6. The zero-order chi connectivity index (χ0) is 66.3. The van der Waals surface area contributed by atoms with Crippen LogP contribution in [0.1, 0.15) is 134 Å². The molecule has 1 heterocycles. The summed E-state index contributed by atoms with van der Waals surface area (Å²) >= 11 is 0. The van der Waals surface area contributed by atoms with Crippen LogP contribution in [0.25, 0.3) is 0 Å². The van der Waals surface area contributed by atoms with Crippen LogP contribution in [-0.4, -0.2) is 188 Å². The van der Waals surface area contributed by atoms with Crippen LogP contribution < -0.4 is 106 Å². The maximum Gasteiger partial charge on any atom is 0.245 e. The lowest BCUT2D eigenvalue weighted by Gasteiger charge is -2.31. The van der Waals surface area contributed by atoms with Crippen LogP contribution in [0.2, 0.25) is 0 Å². The Bertz CT molecular complexity index is 2460. The Balaban J connectivity index is 2.55. The molecule has 0 aliphatic carbocycles. The van der Waals surface area contributed by atoms with Crippen molar-refractivity contribution in [3.05, 3.63) is 29.8 Å². The molecule has 1 fully saturated rings. The van der Waals surface area contributed by atoms with Crippen molar-refractivity contribution in [2.24, 2.45) is 83.8 Å². The van der Waals surface area contributed by atoms with E-state index in [0.717, 1.165) is 0 Å². The Hall–Kier alpha value is -8.14. The summed E-state index contributed by atoms with van der Waals surface area (Å²) in [5.74, 6) is -7.20. The van der Waals surface area contributed by atoms with Gasteiger partial charge in [-0.05, 0) is 172 Å². The second-order valence-electron chi connectivity index (χ2n) is 22.0. The van der Waals surface area contributed by atoms with E-state index < -0.39 is 108 Å². The number of nitrogens with zero attached hydrogens (tertiary/aromatic N) is 4. The van der Waals surface area contributed by atoms with Gasteiger partial charge in [-0.1, -0.05) is 12.1 Å². The third-order valence-electron chi connectivity index (χ3n) is 14.6. The first-order chi connectivity index (χ1) is 42.5. The fourth-order valence-corrected chi connectivity index (χ4v) is 9.74. The number of amides is 9. The highest BCUT2D eigenvalue weighted by Crippen LogP contribution is 2.22. The van der Waals surface area contributed by atoms with Crippen LogP contribution in [0.4, 0.5) is 0 Å². The molecule has 0 radical (unpaired) electrons. The number of phenols is 1. The van der Waals surface area contributed by atoms with E-state index >= 15 is 0 Å². The molecule has 9 atom stereocenters. The molecule has 2 rings (SSSR count). The van der Waals surface area contributed by atoms with Crippen molar-refractivity contribution in [3.8, 4) is 5.75 Å². The van der Waals surface area contributed by atoms with E-state index in [1.807, 2.05) is 0 Å². The number of benzene rings is 1. The standard InChI is InChI=1S/C56H103N23O10/c57-25-5-1-14-37(45(62)81)72-47(83)40(18-10-30-70-55(65)66)75-49(85)41(19-11-31-71-56(67)68)76-52(88)44-20-12-32-79(44)53(89)42(17-4-8-28-60)77-51(87)43(33-34-21-23-35(80)24-22-34)78-50(86)39(16-3-7-27-59)74-48(84)38(15-2-6-26-58)73-46(82)36(61)13-9-29-69-54(63)64/h21-24,36-44,80H,1-20,25-33,57-61H2,(H2,62,81)(H,72,83)(H,73,82)(H,74,84)(H,75,85)(H,76,88)(H,77,87)(H,78,86)(H4,63,64,69)(H4,65,66,70)(H4,67,68,71)/t36-,37-,38-,39-,40-,41-,42-,43-,44-/m0/s1. The SMILES string of the molecule is NCCCC[C@H](NC(=O)[C@H](CCCN=C(N)N)NC(=O)[C@H](CCCN=C(N)N)NC(=O)[C@@H]1CCCN1C(=O)[C@H](CCCCN)NC(=O)[C@H](Cc1ccc(O)cc1)NC(=O)[C@H](CCCCN)NC(=O)[C@H](CCCCN)NC(=O)[C@@H](N)CCCN=C(N)N)C(N)=O. The van der Waals surface area contributed by atoms with Gasteiger partial charge in [0.15, 0.2) is 17.9 Å². The van der Waals surface area contributed by atoms with E-state index in [4.69, 9.17) is 68.8 Å². The van der Waals surface area contributed by atoms with Gasteiger partial charge in [-0.3, -0.25) is 58.1 Å². The summed E-state index contributed by atoms with van der Waals surface area (Å²) in [6, 6.07) is -5.09. The van der Waals surface area contributed by atoms with Crippen LogP contribution in [0.15, 0.2) is 39.2 Å². The molecule has 502 valence electrons. The lowest BCUT2D eigenvalue weighted by molar-refractivity contribution is -0.142. The summed E-state index contributed by atoms with van der Waals surface area (Å²) in [7, 11) is 0. The Morgan fingerprint density at radius 3 is 1.22 bits per heavy atom. The second kappa shape index (κ2) is 43.5. The first kappa shape index (κ1) is 77.0. The third-order valence-corrected chi connectivity index (χ3v) is 14.6. The van der Waals surface area contributed by atoms with Gasteiger partial charge in [0.1, 0.15) is 54.1 Å². The van der Waals surface area contributed by atoms with Crippen LogP contribution in [-0.2, 0) is 49.6 Å². The number of hydrogen-bond donors (Lipinski definition) is 20. The van der Waals surface area contributed by atoms with Gasteiger partial charge in [0.25, 0.3) is 0 Å². The summed E-state index contributed by atoms with van der Waals surface area (Å²) in [6.07, 6.45) is 5.30. The molecule has 1 aliphatic heterocycles. The molecule has 1 aromatic rings. The number of aliphatic imine (C=N–C) groups is 3. The number of phenolic OH excluding ortho intramolecular Hbond substituents is 1. The maximum atomic E-state index is 14.9. The van der Waals surface area contributed by atoms with Gasteiger partial charge < -0.3 is 116 Å². The van der Waals surface area contributed by atoms with Crippen molar-refractivity contribution >= 4 is 71.0 Å². The van der Waals surface area contributed by atoms with Crippen LogP contribution in [0, 0.1) is 0 Å². The van der Waals surface area contributed by atoms with Gasteiger partial charge in [-0.15, -0.1) is 0 Å². The number of likely N-dealkylation sites (tertiary alicyclic amines) is 1. The molecule has 33 nitrogen and oxygen atoms in total. The molecular weight excluding hydrogens is 1150 g/mol. The minimum absolute atomic E-state index is 0.0101. The second-order valence-corrected chi connectivity index (χ2v) is 22.0. The number of rotatable bonds is 46. The van der Waals surface area contributed by atoms with E-state index in [1.165, 1.54) is 17.0 Å². The molecular formula is C56H103N23O10. The fourth-order valence-electron chi connectivity index (χ4n) is 9.74. The molecule has 9 amide bonds. The largest absolute Gasteiger partial charge is 0.508 e. The van der Waals surface area contributed by atoms with E-state index in [1.54, 1.807) is 12.1 Å². The van der Waals surface area contributed by atoms with E-state index in [9.17, 15) is 48.3 Å². The maximum absolute atomic E-state index is 14.9. The lowest BCUT2D eigenvalue weighted by atomic mass is 10.0. The van der Waals surface area contributed by atoms with Crippen LogP contribution in [0.5, 0.6) is 5.75 Å². The van der Waals surface area contributed by atoms with Gasteiger partial charge in [0.2, 0.25) is 53.2 Å². The molecule has 1 saturated heterocycles. The molecule has 0 aromatic heterocycles. The van der Waals surface area contributed by atoms with E-state index in [-0.39, 0.29) is 134 Å². The lowest BCUT2D eigenvalue weighted by Crippen LogP contribution is -2.60. The monoisotopic (exact) mass is 1260 g/mol. The highest BCUT2D eigenvalue weighted by molar-refractivity contribution is 5.98. The smallest absolute Gasteiger partial charge is 0.245 e. The van der Waals surface area contributed by atoms with Gasteiger partial charge in [0, 0.05) is 32.6 Å². The fraction of sp³-hybridized carbons (Fsp3) is 0.679. The minimum atomic E-state index is -1.41. The Labute approximate surface area is 520 Å². The minimum Gasteiger partial charge on any atom is -0.508 e. The van der Waals surface area contributed by atoms with Crippen molar-refractivity contribution in [2.75, 3.05) is 52.4 Å².